The first-order valence-corrected chi connectivity index (χ1v) is 9.73. The molecule has 1 saturated heterocycles. The number of hydrogen-bond donors (Lipinski definition) is 0. The predicted molar refractivity (Wildman–Crippen MR) is 97.3 cm³/mol. The highest BCUT2D eigenvalue weighted by Gasteiger charge is 2.34. The number of aromatic nitrogens is 4. The monoisotopic (exact) mass is 348 g/mol. The van der Waals surface area contributed by atoms with Crippen molar-refractivity contribution in [1.82, 2.24) is 30.0 Å². The number of nitrogens with zero attached hydrogens (tertiary/aromatic N) is 6. The van der Waals surface area contributed by atoms with Gasteiger partial charge in [0.15, 0.2) is 5.82 Å². The van der Waals surface area contributed by atoms with Crippen LogP contribution in [0.5, 0.6) is 0 Å². The van der Waals surface area contributed by atoms with Gasteiger partial charge in [0.05, 0.1) is 5.54 Å². The van der Waals surface area contributed by atoms with Gasteiger partial charge in [0.1, 0.15) is 6.04 Å². The Bertz CT molecular complexity index is 627. The summed E-state index contributed by atoms with van der Waals surface area (Å²) in [5.74, 6) is 0.967. The molecule has 1 aliphatic rings. The maximum atomic E-state index is 4.45. The van der Waals surface area contributed by atoms with Gasteiger partial charge in [-0.3, -0.25) is 4.90 Å². The standard InChI is InChI=1S/C17H28N6S/c1-5-17(3,4)23-16(18-19-20-23)15(14-8-7-13-24-14)22-11-9-21(6-2)10-12-22/h7-8,13,15H,5-6,9-12H2,1-4H3/t15-/m0/s1. The Hall–Kier alpha value is -1.31. The minimum absolute atomic E-state index is 0.0837. The lowest BCUT2D eigenvalue weighted by Gasteiger charge is -2.38. The van der Waals surface area contributed by atoms with Gasteiger partial charge in [-0.2, -0.15) is 0 Å². The predicted octanol–water partition coefficient (Wildman–Crippen LogP) is 2.61. The van der Waals surface area contributed by atoms with Crippen molar-refractivity contribution in [3.8, 4) is 0 Å². The average Bonchev–Trinajstić information content (AvgIpc) is 3.28. The molecule has 0 aromatic carbocycles. The van der Waals surface area contributed by atoms with Crippen LogP contribution in [0.2, 0.25) is 0 Å². The van der Waals surface area contributed by atoms with Crippen LogP contribution in [0.1, 0.15) is 50.9 Å². The SMILES string of the molecule is CCN1CCN([C@@H](c2cccs2)c2nnnn2C(C)(C)CC)CC1. The van der Waals surface area contributed by atoms with Gasteiger partial charge in [0, 0.05) is 31.1 Å². The topological polar surface area (TPSA) is 50.1 Å². The van der Waals surface area contributed by atoms with Gasteiger partial charge in [0.25, 0.3) is 0 Å². The van der Waals surface area contributed by atoms with Crippen LogP contribution in [0.25, 0.3) is 0 Å². The Morgan fingerprint density at radius 2 is 1.96 bits per heavy atom. The number of piperazine rings is 1. The van der Waals surface area contributed by atoms with E-state index in [0.717, 1.165) is 45.0 Å². The summed E-state index contributed by atoms with van der Waals surface area (Å²) in [6.07, 6.45) is 0.992. The summed E-state index contributed by atoms with van der Waals surface area (Å²) in [6.45, 7) is 14.3. The third kappa shape index (κ3) is 3.38. The van der Waals surface area contributed by atoms with Crippen molar-refractivity contribution in [2.24, 2.45) is 0 Å². The Morgan fingerprint density at radius 1 is 1.21 bits per heavy atom. The Morgan fingerprint density at radius 3 is 2.54 bits per heavy atom. The van der Waals surface area contributed by atoms with Gasteiger partial charge < -0.3 is 4.90 Å². The summed E-state index contributed by atoms with van der Waals surface area (Å²) in [6, 6.07) is 4.47. The summed E-state index contributed by atoms with van der Waals surface area (Å²) < 4.78 is 2.03. The molecule has 2 aromatic rings. The quantitative estimate of drug-likeness (QED) is 0.803. The molecule has 0 bridgehead atoms. The van der Waals surface area contributed by atoms with E-state index >= 15 is 0 Å². The molecule has 24 heavy (non-hydrogen) atoms. The summed E-state index contributed by atoms with van der Waals surface area (Å²) in [5, 5.41) is 15.0. The lowest BCUT2D eigenvalue weighted by atomic mass is 10.0. The van der Waals surface area contributed by atoms with Crippen molar-refractivity contribution in [1.29, 1.82) is 0 Å². The maximum absolute atomic E-state index is 4.45. The van der Waals surface area contributed by atoms with E-state index in [4.69, 9.17) is 0 Å². The van der Waals surface area contributed by atoms with Gasteiger partial charge in [-0.1, -0.05) is 19.9 Å². The summed E-state index contributed by atoms with van der Waals surface area (Å²) >= 11 is 1.79. The summed E-state index contributed by atoms with van der Waals surface area (Å²) in [7, 11) is 0. The van der Waals surface area contributed by atoms with Crippen molar-refractivity contribution < 1.29 is 0 Å². The van der Waals surface area contributed by atoms with Gasteiger partial charge in [-0.25, -0.2) is 4.68 Å². The van der Waals surface area contributed by atoms with Crippen LogP contribution in [0.3, 0.4) is 0 Å². The number of rotatable bonds is 6. The van der Waals surface area contributed by atoms with Gasteiger partial charge in [0.2, 0.25) is 0 Å². The van der Waals surface area contributed by atoms with E-state index in [9.17, 15) is 0 Å². The number of thiophene rings is 1. The molecule has 0 amide bonds. The zero-order valence-corrected chi connectivity index (χ0v) is 16.0. The van der Waals surface area contributed by atoms with E-state index in [1.807, 2.05) is 4.68 Å². The van der Waals surface area contributed by atoms with Crippen LogP contribution < -0.4 is 0 Å². The van der Waals surface area contributed by atoms with E-state index in [-0.39, 0.29) is 11.6 Å². The highest BCUT2D eigenvalue weighted by molar-refractivity contribution is 7.10. The average molecular weight is 349 g/mol. The number of likely N-dealkylation sites (N-methyl/N-ethyl adjacent to an activating group) is 1. The van der Waals surface area contributed by atoms with Crippen molar-refractivity contribution in [2.75, 3.05) is 32.7 Å². The second-order valence-corrected chi connectivity index (χ2v) is 7.98. The molecule has 1 atom stereocenters. The Kier molecular flexibility index (Phi) is 5.32. The third-order valence-electron chi connectivity index (χ3n) is 5.21. The van der Waals surface area contributed by atoms with Crippen LogP contribution in [-0.2, 0) is 5.54 Å². The highest BCUT2D eigenvalue weighted by Crippen LogP contribution is 2.33. The number of hydrogen-bond acceptors (Lipinski definition) is 6. The lowest BCUT2D eigenvalue weighted by Crippen LogP contribution is -2.48. The first-order chi connectivity index (χ1) is 11.6. The van der Waals surface area contributed by atoms with Crippen LogP contribution in [0.4, 0.5) is 0 Å². The van der Waals surface area contributed by atoms with Crippen molar-refractivity contribution >= 4 is 11.3 Å². The Balaban J connectivity index is 1.95. The van der Waals surface area contributed by atoms with E-state index in [2.05, 4.69) is 70.5 Å². The molecule has 1 fully saturated rings. The maximum Gasteiger partial charge on any atom is 0.174 e. The molecule has 132 valence electrons. The van der Waals surface area contributed by atoms with E-state index in [1.165, 1.54) is 4.88 Å². The van der Waals surface area contributed by atoms with Crippen LogP contribution in [-0.4, -0.2) is 62.7 Å². The molecule has 2 aromatic heterocycles. The van der Waals surface area contributed by atoms with Crippen molar-refractivity contribution in [3.63, 3.8) is 0 Å². The van der Waals surface area contributed by atoms with Crippen molar-refractivity contribution in [3.05, 3.63) is 28.2 Å². The molecule has 1 aliphatic heterocycles. The summed E-state index contributed by atoms with van der Waals surface area (Å²) in [4.78, 5) is 6.36. The first-order valence-electron chi connectivity index (χ1n) is 8.85. The van der Waals surface area contributed by atoms with Crippen LogP contribution in [0.15, 0.2) is 17.5 Å². The molecule has 0 unspecified atom stereocenters. The Labute approximate surface area is 148 Å². The first kappa shape index (κ1) is 17.5. The molecule has 7 heteroatoms. The van der Waals surface area contributed by atoms with Crippen molar-refractivity contribution in [2.45, 2.75) is 45.7 Å². The van der Waals surface area contributed by atoms with E-state index in [0.29, 0.717) is 0 Å². The third-order valence-corrected chi connectivity index (χ3v) is 6.13. The number of tetrazole rings is 1. The molecule has 0 N–H and O–H groups in total. The van der Waals surface area contributed by atoms with E-state index in [1.54, 1.807) is 11.3 Å². The van der Waals surface area contributed by atoms with Gasteiger partial charge in [-0.05, 0) is 48.7 Å². The fourth-order valence-electron chi connectivity index (χ4n) is 3.20. The van der Waals surface area contributed by atoms with E-state index < -0.39 is 0 Å². The minimum atomic E-state index is -0.0837. The molecule has 3 heterocycles. The smallest absolute Gasteiger partial charge is 0.174 e. The highest BCUT2D eigenvalue weighted by atomic mass is 32.1. The van der Waals surface area contributed by atoms with Gasteiger partial charge in [-0.15, -0.1) is 16.4 Å². The fourth-order valence-corrected chi connectivity index (χ4v) is 4.06. The second kappa shape index (κ2) is 7.29. The van der Waals surface area contributed by atoms with Crippen LogP contribution in [0, 0.1) is 0 Å². The van der Waals surface area contributed by atoms with Gasteiger partial charge >= 0.3 is 0 Å². The molecular weight excluding hydrogens is 320 g/mol. The fraction of sp³-hybridized carbons (Fsp3) is 0.706. The normalized spacial score (nSPS) is 18.8. The summed E-state index contributed by atoms with van der Waals surface area (Å²) in [5.41, 5.74) is -0.0837. The van der Waals surface area contributed by atoms with Crippen LogP contribution >= 0.6 is 11.3 Å². The second-order valence-electron chi connectivity index (χ2n) is 7.00. The zero-order valence-electron chi connectivity index (χ0n) is 15.1. The molecule has 3 rings (SSSR count). The molecule has 6 nitrogen and oxygen atoms in total. The largest absolute Gasteiger partial charge is 0.301 e. The minimum Gasteiger partial charge on any atom is -0.301 e. The molecule has 0 saturated carbocycles. The molecule has 0 radical (unpaired) electrons. The molecular formula is C17H28N6S. The zero-order chi connectivity index (χ0) is 17.2. The molecule has 0 aliphatic carbocycles. The lowest BCUT2D eigenvalue weighted by molar-refractivity contribution is 0.106. The molecule has 0 spiro atoms.